The average molecular weight is 297 g/mol. The molecule has 22 heavy (non-hydrogen) atoms. The van der Waals surface area contributed by atoms with Crippen LogP contribution in [0.1, 0.15) is 28.9 Å². The quantitative estimate of drug-likeness (QED) is 0.879. The summed E-state index contributed by atoms with van der Waals surface area (Å²) in [5.41, 5.74) is 1.53. The number of hydrogen-bond acceptors (Lipinski definition) is 5. The summed E-state index contributed by atoms with van der Waals surface area (Å²) in [5, 5.41) is 11.3. The zero-order valence-electron chi connectivity index (χ0n) is 12.6. The molecule has 0 atom stereocenters. The van der Waals surface area contributed by atoms with Crippen LogP contribution in [0.4, 0.5) is 5.82 Å². The van der Waals surface area contributed by atoms with Crippen molar-refractivity contribution in [3.63, 3.8) is 0 Å². The number of hydrogen-bond donors (Lipinski definition) is 1. The highest BCUT2D eigenvalue weighted by molar-refractivity contribution is 5.92. The number of nitrogens with one attached hydrogen (secondary N) is 1. The van der Waals surface area contributed by atoms with Gasteiger partial charge in [0.15, 0.2) is 5.69 Å². The van der Waals surface area contributed by atoms with Crippen LogP contribution in [0.15, 0.2) is 36.7 Å². The molecule has 1 N–H and O–H groups in total. The highest BCUT2D eigenvalue weighted by Crippen LogP contribution is 2.23. The smallest absolute Gasteiger partial charge is 0.274 e. The number of pyridine rings is 1. The van der Waals surface area contributed by atoms with Gasteiger partial charge in [0, 0.05) is 32.0 Å². The minimum absolute atomic E-state index is 0.112. The Hall–Kier alpha value is -2.50. The van der Waals surface area contributed by atoms with Crippen molar-refractivity contribution in [2.45, 2.75) is 25.3 Å². The molecule has 0 saturated heterocycles. The molecule has 3 rings (SSSR count). The van der Waals surface area contributed by atoms with Crippen LogP contribution in [0.3, 0.4) is 0 Å². The summed E-state index contributed by atoms with van der Waals surface area (Å²) in [4.78, 5) is 18.0. The van der Waals surface area contributed by atoms with Gasteiger partial charge in [-0.1, -0.05) is 0 Å². The lowest BCUT2D eigenvalue weighted by Crippen LogP contribution is -2.29. The summed E-state index contributed by atoms with van der Waals surface area (Å²) in [6.07, 6.45) is 6.67. The second kappa shape index (κ2) is 6.51. The predicted molar refractivity (Wildman–Crippen MR) is 83.6 cm³/mol. The van der Waals surface area contributed by atoms with Crippen LogP contribution in [0.2, 0.25) is 0 Å². The van der Waals surface area contributed by atoms with Gasteiger partial charge in [0.05, 0.1) is 0 Å². The van der Waals surface area contributed by atoms with Crippen LogP contribution in [0.25, 0.3) is 0 Å². The molecule has 0 spiro atoms. The standard InChI is InChI=1S/C16H19N5O/c1-21(11-8-12-6-9-17-10-7-12)16(22)14-4-5-15(20-19-14)18-13-2-3-13/h4-7,9-10,13H,2-3,8,11H2,1H3,(H,18,20). The van der Waals surface area contributed by atoms with Crippen molar-refractivity contribution in [2.75, 3.05) is 18.9 Å². The zero-order chi connectivity index (χ0) is 15.4. The summed E-state index contributed by atoms with van der Waals surface area (Å²) >= 11 is 0. The van der Waals surface area contributed by atoms with E-state index in [0.717, 1.165) is 17.8 Å². The van der Waals surface area contributed by atoms with Gasteiger partial charge in [-0.25, -0.2) is 0 Å². The summed E-state index contributed by atoms with van der Waals surface area (Å²) < 4.78 is 0. The van der Waals surface area contributed by atoms with E-state index in [2.05, 4.69) is 20.5 Å². The number of nitrogens with zero attached hydrogens (tertiary/aromatic N) is 4. The number of carbonyl (C=O) groups is 1. The predicted octanol–water partition coefficient (Wildman–Crippen LogP) is 1.76. The molecule has 0 unspecified atom stereocenters. The second-order valence-electron chi connectivity index (χ2n) is 5.55. The second-order valence-corrected chi connectivity index (χ2v) is 5.55. The normalized spacial score (nSPS) is 13.7. The lowest BCUT2D eigenvalue weighted by molar-refractivity contribution is 0.0789. The van der Waals surface area contributed by atoms with Crippen LogP contribution in [-0.4, -0.2) is 45.6 Å². The molecule has 2 heterocycles. The van der Waals surface area contributed by atoms with Gasteiger partial charge >= 0.3 is 0 Å². The van der Waals surface area contributed by atoms with Gasteiger partial charge in [0.25, 0.3) is 5.91 Å². The third-order valence-corrected chi connectivity index (χ3v) is 3.64. The van der Waals surface area contributed by atoms with Crippen LogP contribution in [0, 0.1) is 0 Å². The molecule has 114 valence electrons. The Morgan fingerprint density at radius 1 is 1.23 bits per heavy atom. The van der Waals surface area contributed by atoms with E-state index < -0.39 is 0 Å². The molecule has 0 bridgehead atoms. The Bertz CT molecular complexity index is 625. The molecule has 0 radical (unpaired) electrons. The number of amides is 1. The van der Waals surface area contributed by atoms with E-state index in [9.17, 15) is 4.79 Å². The maximum atomic E-state index is 12.3. The fourth-order valence-corrected chi connectivity index (χ4v) is 2.10. The van der Waals surface area contributed by atoms with Crippen molar-refractivity contribution in [3.8, 4) is 0 Å². The first-order chi connectivity index (χ1) is 10.7. The SMILES string of the molecule is CN(CCc1ccncc1)C(=O)c1ccc(NC2CC2)nn1. The maximum absolute atomic E-state index is 12.3. The van der Waals surface area contributed by atoms with Gasteiger partial charge in [-0.05, 0) is 49.1 Å². The molecule has 2 aromatic rings. The molecule has 0 aromatic carbocycles. The molecule has 1 aliphatic rings. The van der Waals surface area contributed by atoms with E-state index in [1.54, 1.807) is 30.4 Å². The number of rotatable bonds is 6. The van der Waals surface area contributed by atoms with Crippen molar-refractivity contribution in [1.82, 2.24) is 20.1 Å². The monoisotopic (exact) mass is 297 g/mol. The van der Waals surface area contributed by atoms with Crippen molar-refractivity contribution in [2.24, 2.45) is 0 Å². The van der Waals surface area contributed by atoms with Crippen molar-refractivity contribution in [3.05, 3.63) is 47.9 Å². The number of carbonyl (C=O) groups excluding carboxylic acids is 1. The summed E-state index contributed by atoms with van der Waals surface area (Å²) in [7, 11) is 1.78. The van der Waals surface area contributed by atoms with E-state index in [-0.39, 0.29) is 5.91 Å². The number of aromatic nitrogens is 3. The van der Waals surface area contributed by atoms with E-state index >= 15 is 0 Å². The lowest BCUT2D eigenvalue weighted by Gasteiger charge is -2.16. The molecular formula is C16H19N5O. The molecule has 1 amide bonds. The highest BCUT2D eigenvalue weighted by Gasteiger charge is 2.21. The largest absolute Gasteiger partial charge is 0.366 e. The number of likely N-dealkylation sites (N-methyl/N-ethyl adjacent to an activating group) is 1. The topological polar surface area (TPSA) is 71.0 Å². The first-order valence-electron chi connectivity index (χ1n) is 7.47. The third kappa shape index (κ3) is 3.78. The van der Waals surface area contributed by atoms with E-state index in [4.69, 9.17) is 0 Å². The van der Waals surface area contributed by atoms with Crippen molar-refractivity contribution < 1.29 is 4.79 Å². The van der Waals surface area contributed by atoms with Gasteiger partial charge in [-0.2, -0.15) is 0 Å². The first kappa shape index (κ1) is 14.4. The van der Waals surface area contributed by atoms with Gasteiger partial charge in [0.2, 0.25) is 0 Å². The van der Waals surface area contributed by atoms with Crippen molar-refractivity contribution in [1.29, 1.82) is 0 Å². The molecule has 1 saturated carbocycles. The Balaban J connectivity index is 1.55. The fourth-order valence-electron chi connectivity index (χ4n) is 2.10. The Morgan fingerprint density at radius 2 is 2.00 bits per heavy atom. The number of anilines is 1. The molecule has 1 fully saturated rings. The fraction of sp³-hybridized carbons (Fsp3) is 0.375. The van der Waals surface area contributed by atoms with E-state index in [1.807, 2.05) is 18.2 Å². The van der Waals surface area contributed by atoms with E-state index in [1.165, 1.54) is 12.8 Å². The lowest BCUT2D eigenvalue weighted by atomic mass is 10.2. The minimum atomic E-state index is -0.112. The van der Waals surface area contributed by atoms with E-state index in [0.29, 0.717) is 18.3 Å². The van der Waals surface area contributed by atoms with Crippen LogP contribution in [-0.2, 0) is 6.42 Å². The highest BCUT2D eigenvalue weighted by atomic mass is 16.2. The minimum Gasteiger partial charge on any atom is -0.366 e. The molecular weight excluding hydrogens is 278 g/mol. The first-order valence-corrected chi connectivity index (χ1v) is 7.47. The van der Waals surface area contributed by atoms with Crippen LogP contribution < -0.4 is 5.32 Å². The summed E-state index contributed by atoms with van der Waals surface area (Å²) in [6, 6.07) is 7.98. The summed E-state index contributed by atoms with van der Waals surface area (Å²) in [5.74, 6) is 0.623. The van der Waals surface area contributed by atoms with Crippen molar-refractivity contribution >= 4 is 11.7 Å². The van der Waals surface area contributed by atoms with Crippen LogP contribution in [0.5, 0.6) is 0 Å². The average Bonchev–Trinajstić information content (AvgIpc) is 3.37. The van der Waals surface area contributed by atoms with Gasteiger partial charge in [0.1, 0.15) is 5.82 Å². The molecule has 0 aliphatic heterocycles. The Morgan fingerprint density at radius 3 is 2.64 bits per heavy atom. The molecule has 6 nitrogen and oxygen atoms in total. The molecule has 2 aromatic heterocycles. The Labute approximate surface area is 129 Å². The van der Waals surface area contributed by atoms with Gasteiger partial charge < -0.3 is 10.2 Å². The molecule has 6 heteroatoms. The Kier molecular flexibility index (Phi) is 4.27. The van der Waals surface area contributed by atoms with Gasteiger partial charge in [-0.15, -0.1) is 10.2 Å². The third-order valence-electron chi connectivity index (χ3n) is 3.64. The maximum Gasteiger partial charge on any atom is 0.274 e. The summed E-state index contributed by atoms with van der Waals surface area (Å²) in [6.45, 7) is 0.632. The molecule has 1 aliphatic carbocycles. The zero-order valence-corrected chi connectivity index (χ0v) is 12.6. The van der Waals surface area contributed by atoms with Gasteiger partial charge in [-0.3, -0.25) is 9.78 Å². The van der Waals surface area contributed by atoms with Crippen LogP contribution >= 0.6 is 0 Å².